The second-order valence-corrected chi connectivity index (χ2v) is 8.72. The third-order valence-electron chi connectivity index (χ3n) is 4.51. The monoisotopic (exact) mass is 404 g/mol. The number of furan rings is 1. The molecule has 8 nitrogen and oxygen atoms in total. The molecule has 0 radical (unpaired) electrons. The molecule has 0 aliphatic rings. The van der Waals surface area contributed by atoms with Gasteiger partial charge in [0.25, 0.3) is 0 Å². The molecule has 2 aromatic heterocycles. The van der Waals surface area contributed by atoms with E-state index in [0.717, 1.165) is 11.3 Å². The van der Waals surface area contributed by atoms with Crippen LogP contribution in [0.5, 0.6) is 0 Å². The standard InChI is InChI=1S/C19H24N4O4S/c1-4-23-17-8-7-15(28(25,26)22(2)3)12-16(17)21-18(23)9-10-19(24)20-13-14-6-5-11-27-14/h5-8,11-12H,4,9-10,13H2,1-3H3,(H,20,24). The van der Waals surface area contributed by atoms with Crippen LogP contribution in [-0.2, 0) is 34.3 Å². The fraction of sp³-hybridized carbons (Fsp3) is 0.368. The van der Waals surface area contributed by atoms with Crippen molar-refractivity contribution in [1.29, 1.82) is 0 Å². The van der Waals surface area contributed by atoms with Gasteiger partial charge in [0.05, 0.1) is 28.7 Å². The summed E-state index contributed by atoms with van der Waals surface area (Å²) in [6.45, 7) is 3.02. The summed E-state index contributed by atoms with van der Waals surface area (Å²) >= 11 is 0. The number of amides is 1. The molecule has 9 heteroatoms. The van der Waals surface area contributed by atoms with Crippen LogP contribution in [0.4, 0.5) is 0 Å². The number of carbonyl (C=O) groups is 1. The van der Waals surface area contributed by atoms with Crippen LogP contribution < -0.4 is 5.32 Å². The Balaban J connectivity index is 1.76. The van der Waals surface area contributed by atoms with Crippen LogP contribution in [-0.4, -0.2) is 42.3 Å². The fourth-order valence-electron chi connectivity index (χ4n) is 2.99. The van der Waals surface area contributed by atoms with Gasteiger partial charge in [-0.3, -0.25) is 4.79 Å². The predicted molar refractivity (Wildman–Crippen MR) is 105 cm³/mol. The van der Waals surface area contributed by atoms with Crippen molar-refractivity contribution < 1.29 is 17.6 Å². The van der Waals surface area contributed by atoms with Crippen LogP contribution in [0.1, 0.15) is 24.9 Å². The second kappa shape index (κ2) is 8.15. The minimum atomic E-state index is -3.52. The van der Waals surface area contributed by atoms with Crippen molar-refractivity contribution in [3.8, 4) is 0 Å². The van der Waals surface area contributed by atoms with Crippen molar-refractivity contribution in [1.82, 2.24) is 19.2 Å². The normalized spacial score (nSPS) is 12.0. The van der Waals surface area contributed by atoms with E-state index in [2.05, 4.69) is 10.3 Å². The van der Waals surface area contributed by atoms with E-state index in [-0.39, 0.29) is 17.2 Å². The van der Waals surface area contributed by atoms with Crippen molar-refractivity contribution in [3.63, 3.8) is 0 Å². The first-order valence-corrected chi connectivity index (χ1v) is 10.5. The molecule has 2 heterocycles. The van der Waals surface area contributed by atoms with Crippen LogP contribution in [0.25, 0.3) is 11.0 Å². The molecular weight excluding hydrogens is 380 g/mol. The van der Waals surface area contributed by atoms with Gasteiger partial charge in [-0.05, 0) is 37.3 Å². The number of nitrogens with one attached hydrogen (secondary N) is 1. The summed E-state index contributed by atoms with van der Waals surface area (Å²) in [5.74, 6) is 1.36. The Morgan fingerprint density at radius 2 is 2.07 bits per heavy atom. The Morgan fingerprint density at radius 1 is 1.29 bits per heavy atom. The van der Waals surface area contributed by atoms with Gasteiger partial charge in [0.1, 0.15) is 11.6 Å². The quantitative estimate of drug-likeness (QED) is 0.620. The van der Waals surface area contributed by atoms with Gasteiger partial charge in [0.15, 0.2) is 0 Å². The summed E-state index contributed by atoms with van der Waals surface area (Å²) < 4.78 is 33.1. The predicted octanol–water partition coefficient (Wildman–Crippen LogP) is 2.15. The highest BCUT2D eigenvalue weighted by Gasteiger charge is 2.19. The highest BCUT2D eigenvalue weighted by molar-refractivity contribution is 7.89. The Bertz CT molecular complexity index is 1070. The van der Waals surface area contributed by atoms with Gasteiger partial charge in [0.2, 0.25) is 15.9 Å². The third-order valence-corrected chi connectivity index (χ3v) is 6.32. The SMILES string of the molecule is CCn1c(CCC(=O)NCc2ccco2)nc2cc(S(=O)(=O)N(C)C)ccc21. The Kier molecular flexibility index (Phi) is 5.85. The molecular formula is C19H24N4O4S. The number of benzene rings is 1. The number of aryl methyl sites for hydroxylation is 2. The number of rotatable bonds is 8. The van der Waals surface area contributed by atoms with E-state index in [1.54, 1.807) is 36.6 Å². The molecule has 1 N–H and O–H groups in total. The molecule has 3 rings (SSSR count). The average molecular weight is 404 g/mol. The van der Waals surface area contributed by atoms with Crippen molar-refractivity contribution in [2.75, 3.05) is 14.1 Å². The topological polar surface area (TPSA) is 97.4 Å². The largest absolute Gasteiger partial charge is 0.467 e. The number of imidazole rings is 1. The summed E-state index contributed by atoms with van der Waals surface area (Å²) in [5.41, 5.74) is 1.46. The molecule has 0 saturated carbocycles. The molecule has 0 aliphatic carbocycles. The van der Waals surface area contributed by atoms with E-state index in [0.29, 0.717) is 30.8 Å². The van der Waals surface area contributed by atoms with Gasteiger partial charge < -0.3 is 14.3 Å². The number of fused-ring (bicyclic) bond motifs is 1. The molecule has 1 aromatic carbocycles. The van der Waals surface area contributed by atoms with E-state index in [9.17, 15) is 13.2 Å². The number of hydrogen-bond donors (Lipinski definition) is 1. The minimum absolute atomic E-state index is 0.0954. The van der Waals surface area contributed by atoms with Crippen LogP contribution in [0.15, 0.2) is 45.9 Å². The molecule has 0 bridgehead atoms. The first-order valence-electron chi connectivity index (χ1n) is 9.03. The van der Waals surface area contributed by atoms with E-state index in [4.69, 9.17) is 4.42 Å². The number of hydrogen-bond acceptors (Lipinski definition) is 5. The molecule has 0 saturated heterocycles. The van der Waals surface area contributed by atoms with E-state index >= 15 is 0 Å². The Morgan fingerprint density at radius 3 is 2.71 bits per heavy atom. The lowest BCUT2D eigenvalue weighted by molar-refractivity contribution is -0.121. The molecule has 28 heavy (non-hydrogen) atoms. The number of sulfonamides is 1. The van der Waals surface area contributed by atoms with Gasteiger partial charge in [-0.15, -0.1) is 0 Å². The van der Waals surface area contributed by atoms with Gasteiger partial charge in [-0.25, -0.2) is 17.7 Å². The highest BCUT2D eigenvalue weighted by Crippen LogP contribution is 2.22. The molecule has 0 fully saturated rings. The van der Waals surface area contributed by atoms with Crippen LogP contribution >= 0.6 is 0 Å². The van der Waals surface area contributed by atoms with Gasteiger partial charge in [0, 0.05) is 33.5 Å². The molecule has 0 atom stereocenters. The lowest BCUT2D eigenvalue weighted by Gasteiger charge is -2.11. The summed E-state index contributed by atoms with van der Waals surface area (Å²) in [6.07, 6.45) is 2.31. The lowest BCUT2D eigenvalue weighted by atomic mass is 10.2. The minimum Gasteiger partial charge on any atom is -0.467 e. The molecule has 0 spiro atoms. The van der Waals surface area contributed by atoms with E-state index in [1.165, 1.54) is 18.4 Å². The average Bonchev–Trinajstić information content (AvgIpc) is 3.30. The summed E-state index contributed by atoms with van der Waals surface area (Å²) in [7, 11) is -0.528. The van der Waals surface area contributed by atoms with Crippen LogP contribution in [0.3, 0.4) is 0 Å². The van der Waals surface area contributed by atoms with Gasteiger partial charge in [-0.1, -0.05) is 0 Å². The maximum atomic E-state index is 12.4. The van der Waals surface area contributed by atoms with Gasteiger partial charge >= 0.3 is 0 Å². The van der Waals surface area contributed by atoms with Crippen LogP contribution in [0, 0.1) is 0 Å². The summed E-state index contributed by atoms with van der Waals surface area (Å²) in [4.78, 5) is 16.9. The van der Waals surface area contributed by atoms with E-state index in [1.807, 2.05) is 11.5 Å². The first-order chi connectivity index (χ1) is 13.3. The Hall–Kier alpha value is -2.65. The summed E-state index contributed by atoms with van der Waals surface area (Å²) in [6, 6.07) is 8.51. The molecule has 3 aromatic rings. The van der Waals surface area contributed by atoms with E-state index < -0.39 is 10.0 Å². The van der Waals surface area contributed by atoms with Crippen molar-refractivity contribution in [2.24, 2.45) is 0 Å². The molecule has 150 valence electrons. The maximum absolute atomic E-state index is 12.4. The second-order valence-electron chi connectivity index (χ2n) is 6.57. The summed E-state index contributed by atoms with van der Waals surface area (Å²) in [5, 5.41) is 2.81. The van der Waals surface area contributed by atoms with Gasteiger partial charge in [-0.2, -0.15) is 0 Å². The van der Waals surface area contributed by atoms with Crippen molar-refractivity contribution in [2.45, 2.75) is 37.8 Å². The zero-order valence-corrected chi connectivity index (χ0v) is 17.0. The maximum Gasteiger partial charge on any atom is 0.242 e. The first kappa shape index (κ1) is 20.1. The van der Waals surface area contributed by atoms with Crippen LogP contribution in [0.2, 0.25) is 0 Å². The smallest absolute Gasteiger partial charge is 0.242 e. The fourth-order valence-corrected chi connectivity index (χ4v) is 3.91. The third kappa shape index (κ3) is 4.10. The number of carbonyl (C=O) groups excluding carboxylic acids is 1. The van der Waals surface area contributed by atoms with Crippen molar-refractivity contribution in [3.05, 3.63) is 48.2 Å². The molecule has 0 unspecified atom stereocenters. The Labute approximate surface area is 164 Å². The number of nitrogens with zero attached hydrogens (tertiary/aromatic N) is 3. The van der Waals surface area contributed by atoms with Crippen molar-refractivity contribution >= 4 is 27.0 Å². The lowest BCUT2D eigenvalue weighted by Crippen LogP contribution is -2.23. The molecule has 0 aliphatic heterocycles. The molecule has 1 amide bonds. The zero-order valence-electron chi connectivity index (χ0n) is 16.2. The number of aromatic nitrogens is 2. The highest BCUT2D eigenvalue weighted by atomic mass is 32.2. The zero-order chi connectivity index (χ0) is 20.3.